The number of aromatic nitrogens is 2. The van der Waals surface area contributed by atoms with Crippen LogP contribution in [-0.2, 0) is 4.74 Å². The van der Waals surface area contributed by atoms with Crippen LogP contribution in [0.15, 0.2) is 18.3 Å². The first-order chi connectivity index (χ1) is 9.52. The zero-order valence-electron chi connectivity index (χ0n) is 10.1. The fourth-order valence-corrected chi connectivity index (χ4v) is 2.90. The molecule has 2 aromatic rings. The minimum atomic E-state index is -1.16. The maximum absolute atomic E-state index is 10.0. The van der Waals surface area contributed by atoms with E-state index in [9.17, 15) is 10.2 Å². The van der Waals surface area contributed by atoms with Crippen molar-refractivity contribution in [2.45, 2.75) is 24.5 Å². The lowest BCUT2D eigenvalue weighted by Crippen LogP contribution is -2.33. The predicted octanol–water partition coefficient (Wildman–Crippen LogP) is 0.955. The maximum Gasteiger partial charge on any atom is 0.163 e. The average molecular weight is 319 g/mol. The van der Waals surface area contributed by atoms with Crippen molar-refractivity contribution in [3.63, 3.8) is 0 Å². The Morgan fingerprint density at radius 3 is 2.70 bits per heavy atom. The Bertz CT molecular complexity index is 648. The van der Waals surface area contributed by atoms with E-state index >= 15 is 0 Å². The number of aliphatic hydroxyl groups excluding tert-OH is 3. The van der Waals surface area contributed by atoms with Crippen LogP contribution in [0.2, 0.25) is 10.3 Å². The first-order valence-corrected chi connectivity index (χ1v) is 6.73. The summed E-state index contributed by atoms with van der Waals surface area (Å²) in [5, 5.41) is 30.1. The van der Waals surface area contributed by atoms with Crippen LogP contribution in [-0.4, -0.2) is 49.8 Å². The lowest BCUT2D eigenvalue weighted by molar-refractivity contribution is -0.0506. The molecule has 1 saturated heterocycles. The van der Waals surface area contributed by atoms with Crippen molar-refractivity contribution < 1.29 is 20.1 Å². The summed E-state index contributed by atoms with van der Waals surface area (Å²) in [7, 11) is 0. The third-order valence-corrected chi connectivity index (χ3v) is 3.91. The third kappa shape index (κ3) is 2.09. The van der Waals surface area contributed by atoms with Crippen molar-refractivity contribution in [1.29, 1.82) is 0 Å². The van der Waals surface area contributed by atoms with E-state index in [1.54, 1.807) is 22.9 Å². The van der Waals surface area contributed by atoms with Gasteiger partial charge < -0.3 is 24.6 Å². The fraction of sp³-hybridized carbons (Fsp3) is 0.417. The van der Waals surface area contributed by atoms with Gasteiger partial charge in [-0.05, 0) is 12.1 Å². The van der Waals surface area contributed by atoms with Gasteiger partial charge in [-0.1, -0.05) is 23.2 Å². The minimum Gasteiger partial charge on any atom is -0.394 e. The summed E-state index contributed by atoms with van der Waals surface area (Å²) in [4.78, 5) is 3.93. The zero-order chi connectivity index (χ0) is 14.4. The van der Waals surface area contributed by atoms with Crippen molar-refractivity contribution in [2.24, 2.45) is 0 Å². The standard InChI is InChI=1S/C12H12Cl2N2O4/c13-8-3-6-5(11(14)15-8)1-2-16(6)12-10(19)9(18)7(4-17)20-12/h1-3,7,9-10,12,17-19H,4H2/t7-,9-,10+,12+/m1/s1. The fourth-order valence-electron chi connectivity index (χ4n) is 2.42. The summed E-state index contributed by atoms with van der Waals surface area (Å²) in [5.74, 6) is 0. The van der Waals surface area contributed by atoms with Crippen LogP contribution in [0, 0.1) is 0 Å². The van der Waals surface area contributed by atoms with Gasteiger partial charge >= 0.3 is 0 Å². The molecule has 4 atom stereocenters. The number of nitrogens with zero attached hydrogens (tertiary/aromatic N) is 2. The number of hydrogen-bond acceptors (Lipinski definition) is 5. The summed E-state index contributed by atoms with van der Waals surface area (Å²) < 4.78 is 7.08. The van der Waals surface area contributed by atoms with Gasteiger partial charge in [-0.3, -0.25) is 0 Å². The van der Waals surface area contributed by atoms with Crippen LogP contribution >= 0.6 is 23.2 Å². The number of fused-ring (bicyclic) bond motifs is 1. The molecule has 20 heavy (non-hydrogen) atoms. The molecule has 0 spiro atoms. The van der Waals surface area contributed by atoms with E-state index in [2.05, 4.69) is 4.98 Å². The Morgan fingerprint density at radius 2 is 2.05 bits per heavy atom. The Hall–Kier alpha value is -0.890. The molecule has 1 aliphatic rings. The molecular weight excluding hydrogens is 307 g/mol. The highest BCUT2D eigenvalue weighted by Crippen LogP contribution is 2.34. The van der Waals surface area contributed by atoms with Gasteiger partial charge in [-0.15, -0.1) is 0 Å². The molecule has 1 aliphatic heterocycles. The smallest absolute Gasteiger partial charge is 0.163 e. The molecule has 3 rings (SSSR count). The molecule has 8 heteroatoms. The summed E-state index contributed by atoms with van der Waals surface area (Å²) >= 11 is 11.9. The molecule has 2 aromatic heterocycles. The molecule has 0 saturated carbocycles. The Kier molecular flexibility index (Phi) is 3.62. The van der Waals surface area contributed by atoms with E-state index in [1.165, 1.54) is 0 Å². The molecular formula is C12H12Cl2N2O4. The van der Waals surface area contributed by atoms with Crippen LogP contribution in [0.1, 0.15) is 6.23 Å². The largest absolute Gasteiger partial charge is 0.394 e. The second-order valence-electron chi connectivity index (χ2n) is 4.62. The lowest BCUT2D eigenvalue weighted by atomic mass is 10.1. The highest BCUT2D eigenvalue weighted by Gasteiger charge is 2.43. The van der Waals surface area contributed by atoms with Crippen molar-refractivity contribution in [1.82, 2.24) is 9.55 Å². The van der Waals surface area contributed by atoms with Gasteiger partial charge in [0.05, 0.1) is 12.1 Å². The Labute approximate surface area is 124 Å². The first kappa shape index (κ1) is 14.1. The number of ether oxygens (including phenoxy) is 1. The van der Waals surface area contributed by atoms with Crippen LogP contribution in [0.3, 0.4) is 0 Å². The maximum atomic E-state index is 10.0. The number of pyridine rings is 1. The van der Waals surface area contributed by atoms with E-state index < -0.39 is 24.5 Å². The highest BCUT2D eigenvalue weighted by atomic mass is 35.5. The molecule has 6 nitrogen and oxygen atoms in total. The number of hydrogen-bond donors (Lipinski definition) is 3. The molecule has 0 radical (unpaired) electrons. The second-order valence-corrected chi connectivity index (χ2v) is 5.37. The topological polar surface area (TPSA) is 87.7 Å². The van der Waals surface area contributed by atoms with Gasteiger partial charge in [0.15, 0.2) is 6.23 Å². The van der Waals surface area contributed by atoms with Crippen LogP contribution in [0.25, 0.3) is 10.9 Å². The van der Waals surface area contributed by atoms with E-state index in [-0.39, 0.29) is 16.9 Å². The van der Waals surface area contributed by atoms with Crippen molar-refractivity contribution in [3.8, 4) is 0 Å². The van der Waals surface area contributed by atoms with E-state index in [4.69, 9.17) is 33.0 Å². The Balaban J connectivity index is 2.07. The number of rotatable bonds is 2. The van der Waals surface area contributed by atoms with Crippen LogP contribution in [0.4, 0.5) is 0 Å². The normalized spacial score (nSPS) is 30.2. The first-order valence-electron chi connectivity index (χ1n) is 5.98. The molecule has 0 aliphatic carbocycles. The van der Waals surface area contributed by atoms with Crippen molar-refractivity contribution in [3.05, 3.63) is 28.6 Å². The Morgan fingerprint density at radius 1 is 1.30 bits per heavy atom. The molecule has 3 N–H and O–H groups in total. The minimum absolute atomic E-state index is 0.217. The monoisotopic (exact) mass is 318 g/mol. The molecule has 1 fully saturated rings. The van der Waals surface area contributed by atoms with Gasteiger partial charge in [-0.2, -0.15) is 0 Å². The molecule has 0 amide bonds. The molecule has 108 valence electrons. The number of halogens is 2. The summed E-state index contributed by atoms with van der Waals surface area (Å²) in [6, 6.07) is 3.31. The van der Waals surface area contributed by atoms with Gasteiger partial charge in [0.2, 0.25) is 0 Å². The number of aliphatic hydroxyl groups is 3. The SMILES string of the molecule is OC[C@H]1O[C@H](n2ccc3c(Cl)nc(Cl)cc32)[C@@H](O)[C@@H]1O. The van der Waals surface area contributed by atoms with E-state index in [1.807, 2.05) is 0 Å². The zero-order valence-corrected chi connectivity index (χ0v) is 11.7. The van der Waals surface area contributed by atoms with Crippen molar-refractivity contribution >= 4 is 34.1 Å². The summed E-state index contributed by atoms with van der Waals surface area (Å²) in [6.45, 7) is -0.378. The van der Waals surface area contributed by atoms with Crippen molar-refractivity contribution in [2.75, 3.05) is 6.61 Å². The van der Waals surface area contributed by atoms with Gasteiger partial charge in [0, 0.05) is 11.6 Å². The van der Waals surface area contributed by atoms with Crippen LogP contribution < -0.4 is 0 Å². The second kappa shape index (κ2) is 5.14. The molecule has 0 unspecified atom stereocenters. The average Bonchev–Trinajstić information content (AvgIpc) is 2.93. The van der Waals surface area contributed by atoms with E-state index in [0.717, 1.165) is 0 Å². The van der Waals surface area contributed by atoms with Gasteiger partial charge in [-0.25, -0.2) is 4.98 Å². The van der Waals surface area contributed by atoms with Gasteiger partial charge in [0.25, 0.3) is 0 Å². The highest BCUT2D eigenvalue weighted by molar-refractivity contribution is 6.36. The summed E-state index contributed by atoms with van der Waals surface area (Å²) in [5.41, 5.74) is 0.629. The predicted molar refractivity (Wildman–Crippen MR) is 72.8 cm³/mol. The van der Waals surface area contributed by atoms with Crippen LogP contribution in [0.5, 0.6) is 0 Å². The van der Waals surface area contributed by atoms with Gasteiger partial charge in [0.1, 0.15) is 28.6 Å². The quantitative estimate of drug-likeness (QED) is 0.718. The summed E-state index contributed by atoms with van der Waals surface area (Å²) in [6.07, 6.45) is -2.31. The lowest BCUT2D eigenvalue weighted by Gasteiger charge is -2.18. The molecule has 3 heterocycles. The molecule has 0 bridgehead atoms. The van der Waals surface area contributed by atoms with E-state index in [0.29, 0.717) is 10.9 Å². The third-order valence-electron chi connectivity index (χ3n) is 3.43. The molecule has 0 aromatic carbocycles.